The molecule has 0 fully saturated rings. The molecule has 0 aliphatic carbocycles. The van der Waals surface area contributed by atoms with Gasteiger partial charge in [0.25, 0.3) is 0 Å². The summed E-state index contributed by atoms with van der Waals surface area (Å²) >= 11 is 0. The van der Waals surface area contributed by atoms with Crippen LogP contribution in [-0.2, 0) is 0 Å². The molecule has 2 unspecified atom stereocenters. The summed E-state index contributed by atoms with van der Waals surface area (Å²) in [5, 5.41) is 12.0. The maximum absolute atomic E-state index is 9.82. The van der Waals surface area contributed by atoms with Gasteiger partial charge in [-0.1, -0.05) is 182 Å². The first-order chi connectivity index (χ1) is 25.9. The largest absolute Gasteiger partial charge is 0.323 e. The van der Waals surface area contributed by atoms with Crippen molar-refractivity contribution in [3.8, 4) is 39.4 Å². The Morgan fingerprint density at radius 2 is 1.13 bits per heavy atom. The number of fused-ring (bicyclic) bond motifs is 1. The van der Waals surface area contributed by atoms with Crippen molar-refractivity contribution < 1.29 is 0 Å². The Labute approximate surface area is 314 Å². The van der Waals surface area contributed by atoms with Crippen molar-refractivity contribution in [2.24, 2.45) is 11.7 Å². The molecule has 0 saturated carbocycles. The van der Waals surface area contributed by atoms with Crippen molar-refractivity contribution >= 4 is 22.4 Å². The molecule has 0 amide bonds. The van der Waals surface area contributed by atoms with Crippen LogP contribution in [0.1, 0.15) is 55.5 Å². The van der Waals surface area contributed by atoms with E-state index in [0.717, 1.165) is 50.6 Å². The van der Waals surface area contributed by atoms with E-state index >= 15 is 0 Å². The average molecular weight is 685 g/mol. The van der Waals surface area contributed by atoms with Gasteiger partial charge in [0.15, 0.2) is 0 Å². The molecular weight excluding hydrogens is 641 g/mol. The van der Waals surface area contributed by atoms with E-state index in [1.807, 2.05) is 24.3 Å². The summed E-state index contributed by atoms with van der Waals surface area (Å²) in [6.07, 6.45) is 3.12. The second-order valence-electron chi connectivity index (χ2n) is 14.0. The van der Waals surface area contributed by atoms with Gasteiger partial charge in [0.05, 0.1) is 11.6 Å². The molecular formula is C51H44N2. The van der Waals surface area contributed by atoms with Crippen LogP contribution >= 0.6 is 0 Å². The third-order valence-electron chi connectivity index (χ3n) is 10.5. The first-order valence-electron chi connectivity index (χ1n) is 18.4. The molecule has 7 rings (SSSR count). The van der Waals surface area contributed by atoms with Crippen molar-refractivity contribution in [2.75, 3.05) is 0 Å². The van der Waals surface area contributed by atoms with E-state index in [4.69, 9.17) is 5.73 Å². The van der Waals surface area contributed by atoms with Crippen molar-refractivity contribution in [3.63, 3.8) is 0 Å². The molecule has 2 nitrogen and oxygen atoms in total. The van der Waals surface area contributed by atoms with Crippen LogP contribution in [-0.4, -0.2) is 0 Å². The van der Waals surface area contributed by atoms with Crippen LogP contribution < -0.4 is 5.73 Å². The molecule has 0 aromatic heterocycles. The molecule has 2 atom stereocenters. The van der Waals surface area contributed by atoms with E-state index in [1.165, 1.54) is 33.4 Å². The van der Waals surface area contributed by atoms with E-state index in [9.17, 15) is 5.26 Å². The molecule has 2 heteroatoms. The highest BCUT2D eigenvalue weighted by atomic mass is 14.6. The zero-order chi connectivity index (χ0) is 36.7. The molecule has 2 N–H and O–H groups in total. The molecule has 7 aromatic carbocycles. The number of hydrogen-bond acceptors (Lipinski definition) is 2. The Bertz CT molecular complexity index is 2430. The Balaban J connectivity index is 1.17. The van der Waals surface area contributed by atoms with Gasteiger partial charge in [-0.2, -0.15) is 5.26 Å². The van der Waals surface area contributed by atoms with Gasteiger partial charge >= 0.3 is 0 Å². The minimum atomic E-state index is -0.0821. The normalized spacial score (nSPS) is 13.2. The summed E-state index contributed by atoms with van der Waals surface area (Å²) in [5.74, 6) is 0.177. The van der Waals surface area contributed by atoms with E-state index in [2.05, 4.69) is 179 Å². The highest BCUT2D eigenvalue weighted by molar-refractivity contribution is 6.05. The number of nitriles is 1. The van der Waals surface area contributed by atoms with Gasteiger partial charge in [0, 0.05) is 6.04 Å². The molecule has 0 saturated heterocycles. The Hall–Kier alpha value is -6.27. The zero-order valence-corrected chi connectivity index (χ0v) is 30.6. The summed E-state index contributed by atoms with van der Waals surface area (Å²) in [5.41, 5.74) is 21.9. The maximum Gasteiger partial charge on any atom is 0.0991 e. The second kappa shape index (κ2) is 16.0. The zero-order valence-electron chi connectivity index (χ0n) is 30.6. The lowest BCUT2D eigenvalue weighted by Crippen LogP contribution is -2.20. The van der Waals surface area contributed by atoms with Crippen LogP contribution in [0.3, 0.4) is 0 Å². The SMILES string of the molecule is C/C(=C/c1ccc(-c2ccc(-c3ccc(-c4ccccc4)cc3)c3ccc(C#N)cc23)cc1)C/C(=C(/C)C(C)C(N)c1ccccc1)c1ccccc1. The molecule has 7 aromatic rings. The van der Waals surface area contributed by atoms with Crippen molar-refractivity contribution in [2.45, 2.75) is 33.2 Å². The molecule has 0 bridgehead atoms. The number of hydrogen-bond donors (Lipinski definition) is 1. The van der Waals surface area contributed by atoms with Crippen LogP contribution in [0, 0.1) is 17.2 Å². The van der Waals surface area contributed by atoms with Crippen molar-refractivity contribution in [3.05, 3.63) is 203 Å². The monoisotopic (exact) mass is 684 g/mol. The summed E-state index contributed by atoms with van der Waals surface area (Å²) < 4.78 is 0. The van der Waals surface area contributed by atoms with Crippen molar-refractivity contribution in [1.29, 1.82) is 5.26 Å². The van der Waals surface area contributed by atoms with Crippen LogP contribution in [0.5, 0.6) is 0 Å². The highest BCUT2D eigenvalue weighted by Crippen LogP contribution is 2.38. The number of benzene rings is 7. The van der Waals surface area contributed by atoms with E-state index in [-0.39, 0.29) is 12.0 Å². The Kier molecular flexibility index (Phi) is 10.6. The lowest BCUT2D eigenvalue weighted by Gasteiger charge is -2.25. The number of nitrogens with two attached hydrogens (primary N) is 1. The van der Waals surface area contributed by atoms with E-state index < -0.39 is 0 Å². The summed E-state index contributed by atoms with van der Waals surface area (Å²) in [7, 11) is 0. The van der Waals surface area contributed by atoms with Crippen LogP contribution in [0.15, 0.2) is 181 Å². The Morgan fingerprint density at radius 1 is 0.604 bits per heavy atom. The minimum absolute atomic E-state index is 0.0821. The molecule has 0 heterocycles. The van der Waals surface area contributed by atoms with E-state index in [0.29, 0.717) is 5.56 Å². The number of rotatable bonds is 10. The standard InChI is InChI=1S/C51H44N2/c1-35(32-49(42-15-9-5-10-16-42)36(2)37(3)51(53)45-17-11-6-12-18-45)31-38-19-22-43(23-20-38)47-30-29-46(48-28-21-39(34-52)33-50(47)48)44-26-24-41(25-27-44)40-13-7-4-8-14-40/h4-31,33,37,51H,32,53H2,1-3H3/b35-31-,49-36+. The molecule has 53 heavy (non-hydrogen) atoms. The quantitative estimate of drug-likeness (QED) is 0.156. The molecule has 0 spiro atoms. The third-order valence-corrected chi connectivity index (χ3v) is 10.5. The van der Waals surface area contributed by atoms with Crippen LogP contribution in [0.2, 0.25) is 0 Å². The molecule has 258 valence electrons. The first-order valence-corrected chi connectivity index (χ1v) is 18.4. The fraction of sp³-hybridized carbons (Fsp3) is 0.118. The van der Waals surface area contributed by atoms with Crippen LogP contribution in [0.25, 0.3) is 55.8 Å². The summed E-state index contributed by atoms with van der Waals surface area (Å²) in [4.78, 5) is 0. The lowest BCUT2D eigenvalue weighted by atomic mass is 9.83. The van der Waals surface area contributed by atoms with Gasteiger partial charge in [0.1, 0.15) is 0 Å². The Morgan fingerprint density at radius 3 is 1.75 bits per heavy atom. The third kappa shape index (κ3) is 7.82. The summed E-state index contributed by atoms with van der Waals surface area (Å²) in [6.45, 7) is 6.70. The maximum atomic E-state index is 9.82. The number of allylic oxidation sites excluding steroid dienone is 2. The smallest absolute Gasteiger partial charge is 0.0991 e. The first kappa shape index (κ1) is 35.1. The van der Waals surface area contributed by atoms with Crippen LogP contribution in [0.4, 0.5) is 0 Å². The van der Waals surface area contributed by atoms with Gasteiger partial charge < -0.3 is 5.73 Å². The van der Waals surface area contributed by atoms with Gasteiger partial charge in [-0.05, 0) is 105 Å². The predicted molar refractivity (Wildman–Crippen MR) is 225 cm³/mol. The topological polar surface area (TPSA) is 49.8 Å². The fourth-order valence-corrected chi connectivity index (χ4v) is 7.38. The van der Waals surface area contributed by atoms with Gasteiger partial charge in [-0.15, -0.1) is 0 Å². The van der Waals surface area contributed by atoms with Crippen molar-refractivity contribution in [1.82, 2.24) is 0 Å². The fourth-order valence-electron chi connectivity index (χ4n) is 7.38. The lowest BCUT2D eigenvalue weighted by molar-refractivity contribution is 0.539. The van der Waals surface area contributed by atoms with Gasteiger partial charge in [-0.3, -0.25) is 0 Å². The predicted octanol–water partition coefficient (Wildman–Crippen LogP) is 13.3. The number of nitrogens with zero attached hydrogens (tertiary/aromatic N) is 1. The molecule has 0 radical (unpaired) electrons. The molecule has 0 aliphatic rings. The van der Waals surface area contributed by atoms with Gasteiger partial charge in [-0.25, -0.2) is 0 Å². The second-order valence-corrected chi connectivity index (χ2v) is 14.0. The average Bonchev–Trinajstić information content (AvgIpc) is 3.22. The highest BCUT2D eigenvalue weighted by Gasteiger charge is 2.20. The van der Waals surface area contributed by atoms with Gasteiger partial charge in [0.2, 0.25) is 0 Å². The molecule has 0 aliphatic heterocycles. The van der Waals surface area contributed by atoms with E-state index in [1.54, 1.807) is 0 Å². The summed E-state index contributed by atoms with van der Waals surface area (Å²) in [6, 6.07) is 61.8. The minimum Gasteiger partial charge on any atom is -0.323 e.